The molecule has 0 aliphatic heterocycles. The first-order valence-electron chi connectivity index (χ1n) is 7.18. The van der Waals surface area contributed by atoms with Gasteiger partial charge in [0.15, 0.2) is 0 Å². The van der Waals surface area contributed by atoms with Crippen LogP contribution in [0.3, 0.4) is 0 Å². The second-order valence-corrected chi connectivity index (χ2v) is 5.83. The van der Waals surface area contributed by atoms with Crippen molar-refractivity contribution in [1.82, 2.24) is 14.6 Å². The van der Waals surface area contributed by atoms with Gasteiger partial charge < -0.3 is 5.32 Å². The fourth-order valence-corrected chi connectivity index (χ4v) is 2.93. The number of nitrogens with zero attached hydrogens (tertiary/aromatic N) is 3. The molecule has 0 radical (unpaired) electrons. The highest BCUT2D eigenvalue weighted by Crippen LogP contribution is 2.24. The highest BCUT2D eigenvalue weighted by molar-refractivity contribution is 7.08. The molecule has 0 bridgehead atoms. The Bertz CT molecular complexity index is 828. The summed E-state index contributed by atoms with van der Waals surface area (Å²) in [6.07, 6.45) is 1.69. The smallest absolute Gasteiger partial charge is 0.269 e. The van der Waals surface area contributed by atoms with E-state index in [1.807, 2.05) is 37.3 Å². The standard InChI is InChI=1S/C16H16N4OS/c1-3-5-14-15(22-20-19-14)16(21)18-13-7-4-6-12-11(13)9-8-10(2)17-12/h4,6-9H,3,5H2,1-2H3,(H,18,21). The maximum atomic E-state index is 12.5. The van der Waals surface area contributed by atoms with E-state index in [1.54, 1.807) is 0 Å². The van der Waals surface area contributed by atoms with Gasteiger partial charge in [0.05, 0.1) is 16.9 Å². The minimum Gasteiger partial charge on any atom is -0.321 e. The molecule has 3 rings (SSSR count). The molecule has 112 valence electrons. The van der Waals surface area contributed by atoms with Crippen molar-refractivity contribution in [3.8, 4) is 0 Å². The molecule has 6 heteroatoms. The summed E-state index contributed by atoms with van der Waals surface area (Å²) in [5.74, 6) is -0.161. The number of nitrogens with one attached hydrogen (secondary N) is 1. The molecule has 0 spiro atoms. The lowest BCUT2D eigenvalue weighted by molar-refractivity contribution is 0.102. The van der Waals surface area contributed by atoms with E-state index >= 15 is 0 Å². The number of carbonyl (C=O) groups excluding carboxylic acids is 1. The quantitative estimate of drug-likeness (QED) is 0.799. The monoisotopic (exact) mass is 312 g/mol. The highest BCUT2D eigenvalue weighted by atomic mass is 32.1. The van der Waals surface area contributed by atoms with Crippen LogP contribution in [-0.2, 0) is 6.42 Å². The van der Waals surface area contributed by atoms with Crippen LogP contribution in [0.15, 0.2) is 30.3 Å². The number of benzene rings is 1. The van der Waals surface area contributed by atoms with Gasteiger partial charge in [0, 0.05) is 11.1 Å². The fourth-order valence-electron chi connectivity index (χ4n) is 2.33. The Balaban J connectivity index is 1.93. The Hall–Kier alpha value is -2.34. The minimum atomic E-state index is -0.161. The molecule has 0 atom stereocenters. The van der Waals surface area contributed by atoms with Crippen LogP contribution in [0.5, 0.6) is 0 Å². The molecule has 1 N–H and O–H groups in total. The third kappa shape index (κ3) is 2.82. The van der Waals surface area contributed by atoms with Gasteiger partial charge in [-0.25, -0.2) is 0 Å². The molecule has 0 aliphatic carbocycles. The van der Waals surface area contributed by atoms with Crippen LogP contribution in [0.25, 0.3) is 10.9 Å². The van der Waals surface area contributed by atoms with Gasteiger partial charge >= 0.3 is 0 Å². The van der Waals surface area contributed by atoms with Crippen LogP contribution < -0.4 is 5.32 Å². The zero-order chi connectivity index (χ0) is 15.5. The lowest BCUT2D eigenvalue weighted by atomic mass is 10.1. The number of pyridine rings is 1. The van der Waals surface area contributed by atoms with Crippen LogP contribution in [-0.4, -0.2) is 20.5 Å². The summed E-state index contributed by atoms with van der Waals surface area (Å²) in [7, 11) is 0. The average Bonchev–Trinajstić information content (AvgIpc) is 2.96. The van der Waals surface area contributed by atoms with Crippen LogP contribution in [0.4, 0.5) is 5.69 Å². The fraction of sp³-hybridized carbons (Fsp3) is 0.250. The molecule has 1 amide bonds. The van der Waals surface area contributed by atoms with Gasteiger partial charge in [-0.3, -0.25) is 9.78 Å². The Morgan fingerprint density at radius 2 is 2.14 bits per heavy atom. The van der Waals surface area contributed by atoms with Crippen molar-refractivity contribution >= 4 is 34.0 Å². The molecule has 0 unspecified atom stereocenters. The molecule has 0 saturated carbocycles. The number of carbonyl (C=O) groups is 1. The van der Waals surface area contributed by atoms with Crippen molar-refractivity contribution in [3.63, 3.8) is 0 Å². The maximum absolute atomic E-state index is 12.5. The predicted molar refractivity (Wildman–Crippen MR) is 88.3 cm³/mol. The molecule has 0 fully saturated rings. The summed E-state index contributed by atoms with van der Waals surface area (Å²) in [6.45, 7) is 4.00. The molecule has 5 nitrogen and oxygen atoms in total. The molecule has 3 aromatic rings. The van der Waals surface area contributed by atoms with Crippen molar-refractivity contribution in [3.05, 3.63) is 46.6 Å². The van der Waals surface area contributed by atoms with Crippen LogP contribution in [0.1, 0.15) is 34.4 Å². The zero-order valence-electron chi connectivity index (χ0n) is 12.5. The molecule has 0 aliphatic rings. The van der Waals surface area contributed by atoms with E-state index in [1.165, 1.54) is 0 Å². The van der Waals surface area contributed by atoms with E-state index in [4.69, 9.17) is 0 Å². The largest absolute Gasteiger partial charge is 0.321 e. The number of hydrogen-bond donors (Lipinski definition) is 1. The van der Waals surface area contributed by atoms with E-state index in [0.717, 1.165) is 52.4 Å². The molecule has 0 saturated heterocycles. The summed E-state index contributed by atoms with van der Waals surface area (Å²) >= 11 is 1.14. The van der Waals surface area contributed by atoms with Gasteiger partial charge in [-0.2, -0.15) is 0 Å². The van der Waals surface area contributed by atoms with Crippen LogP contribution in [0, 0.1) is 6.92 Å². The first-order chi connectivity index (χ1) is 10.7. The van der Waals surface area contributed by atoms with E-state index in [9.17, 15) is 4.79 Å². The van der Waals surface area contributed by atoms with Crippen LogP contribution >= 0.6 is 11.5 Å². The molecule has 2 aromatic heterocycles. The number of aryl methyl sites for hydroxylation is 2. The summed E-state index contributed by atoms with van der Waals surface area (Å²) in [4.78, 5) is 17.5. The summed E-state index contributed by atoms with van der Waals surface area (Å²) < 4.78 is 3.90. The lowest BCUT2D eigenvalue weighted by Crippen LogP contribution is -2.13. The number of amides is 1. The SMILES string of the molecule is CCCc1nnsc1C(=O)Nc1cccc2nc(C)ccc12. The maximum Gasteiger partial charge on any atom is 0.269 e. The van der Waals surface area contributed by atoms with E-state index < -0.39 is 0 Å². The third-order valence-corrected chi connectivity index (χ3v) is 4.13. The van der Waals surface area contributed by atoms with Gasteiger partial charge in [0.1, 0.15) is 4.88 Å². The van der Waals surface area contributed by atoms with Gasteiger partial charge in [0.25, 0.3) is 5.91 Å². The van der Waals surface area contributed by atoms with Crippen molar-refractivity contribution < 1.29 is 4.79 Å². The zero-order valence-corrected chi connectivity index (χ0v) is 13.3. The number of aromatic nitrogens is 3. The number of rotatable bonds is 4. The third-order valence-electron chi connectivity index (χ3n) is 3.37. The topological polar surface area (TPSA) is 67.8 Å². The normalized spacial score (nSPS) is 10.8. The van der Waals surface area contributed by atoms with Gasteiger partial charge in [-0.05, 0) is 49.1 Å². The summed E-state index contributed by atoms with van der Waals surface area (Å²) in [5, 5.41) is 7.92. The van der Waals surface area contributed by atoms with Gasteiger partial charge in [0.2, 0.25) is 0 Å². The molecule has 1 aromatic carbocycles. The summed E-state index contributed by atoms with van der Waals surface area (Å²) in [5.41, 5.74) is 3.34. The lowest BCUT2D eigenvalue weighted by Gasteiger charge is -2.08. The summed E-state index contributed by atoms with van der Waals surface area (Å²) in [6, 6.07) is 9.63. The Labute approximate surface area is 132 Å². The molecule has 2 heterocycles. The van der Waals surface area contributed by atoms with Crippen molar-refractivity contribution in [2.45, 2.75) is 26.7 Å². The van der Waals surface area contributed by atoms with Crippen LogP contribution in [0.2, 0.25) is 0 Å². The highest BCUT2D eigenvalue weighted by Gasteiger charge is 2.16. The van der Waals surface area contributed by atoms with Gasteiger partial charge in [-0.15, -0.1) is 5.10 Å². The van der Waals surface area contributed by atoms with Crippen molar-refractivity contribution in [2.75, 3.05) is 5.32 Å². The first kappa shape index (κ1) is 14.6. The Morgan fingerprint density at radius 1 is 1.27 bits per heavy atom. The molecular weight excluding hydrogens is 296 g/mol. The second-order valence-electron chi connectivity index (χ2n) is 5.08. The predicted octanol–water partition coefficient (Wildman–Crippen LogP) is 3.60. The van der Waals surface area contributed by atoms with E-state index in [2.05, 4.69) is 26.8 Å². The second kappa shape index (κ2) is 6.19. The molecular formula is C16H16N4OS. The number of fused-ring (bicyclic) bond motifs is 1. The average molecular weight is 312 g/mol. The van der Waals surface area contributed by atoms with Crippen molar-refractivity contribution in [1.29, 1.82) is 0 Å². The van der Waals surface area contributed by atoms with E-state index in [-0.39, 0.29) is 5.91 Å². The number of anilines is 1. The minimum absolute atomic E-state index is 0.161. The number of hydrogen-bond acceptors (Lipinski definition) is 5. The first-order valence-corrected chi connectivity index (χ1v) is 7.95. The molecule has 22 heavy (non-hydrogen) atoms. The van der Waals surface area contributed by atoms with Gasteiger partial charge in [-0.1, -0.05) is 23.9 Å². The Morgan fingerprint density at radius 3 is 2.95 bits per heavy atom. The Kier molecular flexibility index (Phi) is 4.11. The van der Waals surface area contributed by atoms with E-state index in [0.29, 0.717) is 4.88 Å². The van der Waals surface area contributed by atoms with Crippen molar-refractivity contribution in [2.24, 2.45) is 0 Å².